The summed E-state index contributed by atoms with van der Waals surface area (Å²) in [7, 11) is 0. The quantitative estimate of drug-likeness (QED) is 0.478. The van der Waals surface area contributed by atoms with Gasteiger partial charge in [0.05, 0.1) is 19.5 Å². The molecule has 0 radical (unpaired) electrons. The first kappa shape index (κ1) is 14.7. The maximum Gasteiger partial charge on any atom is 0.360 e. The van der Waals surface area contributed by atoms with Crippen LogP contribution in [-0.2, 0) is 9.47 Å². The van der Waals surface area contributed by atoms with Crippen molar-refractivity contribution in [2.45, 2.75) is 31.5 Å². The van der Waals surface area contributed by atoms with E-state index in [0.717, 1.165) is 0 Å². The molecule has 1 aromatic heterocycles. The summed E-state index contributed by atoms with van der Waals surface area (Å²) in [6.07, 6.45) is -3.29. The van der Waals surface area contributed by atoms with Crippen LogP contribution in [0.5, 0.6) is 0 Å². The van der Waals surface area contributed by atoms with Gasteiger partial charge >= 0.3 is 5.97 Å². The second-order valence-corrected chi connectivity index (χ2v) is 4.34. The summed E-state index contributed by atoms with van der Waals surface area (Å²) in [5.74, 6) is -0.728. The average Bonchev–Trinajstić information content (AvgIpc) is 2.93. The fraction of sp³-hybridized carbons (Fsp3) is 0.636. The van der Waals surface area contributed by atoms with Crippen molar-refractivity contribution < 1.29 is 29.6 Å². The third-order valence-electron chi connectivity index (χ3n) is 3.09. The molecule has 9 heteroatoms. The molecule has 1 aliphatic rings. The van der Waals surface area contributed by atoms with Gasteiger partial charge in [0.1, 0.15) is 24.1 Å². The van der Waals surface area contributed by atoms with E-state index < -0.39 is 37.1 Å². The molecule has 1 saturated heterocycles. The van der Waals surface area contributed by atoms with Gasteiger partial charge in [-0.3, -0.25) is 4.57 Å². The molecule has 5 N–H and O–H groups in total. The lowest BCUT2D eigenvalue weighted by Gasteiger charge is -2.17. The van der Waals surface area contributed by atoms with Crippen LogP contribution in [0.2, 0.25) is 0 Å². The molecule has 20 heavy (non-hydrogen) atoms. The van der Waals surface area contributed by atoms with Gasteiger partial charge in [-0.15, -0.1) is 0 Å². The van der Waals surface area contributed by atoms with E-state index in [1.807, 2.05) is 0 Å². The zero-order valence-corrected chi connectivity index (χ0v) is 10.8. The summed E-state index contributed by atoms with van der Waals surface area (Å²) in [4.78, 5) is 15.4. The first-order valence-electron chi connectivity index (χ1n) is 6.13. The Labute approximate surface area is 114 Å². The van der Waals surface area contributed by atoms with Gasteiger partial charge in [-0.2, -0.15) is 0 Å². The van der Waals surface area contributed by atoms with Crippen molar-refractivity contribution in [1.29, 1.82) is 0 Å². The summed E-state index contributed by atoms with van der Waals surface area (Å²) in [5.41, 5.74) is 5.68. The van der Waals surface area contributed by atoms with E-state index in [4.69, 9.17) is 20.3 Å². The van der Waals surface area contributed by atoms with E-state index in [-0.39, 0.29) is 18.1 Å². The van der Waals surface area contributed by atoms with Crippen LogP contribution in [0.3, 0.4) is 0 Å². The number of ether oxygens (including phenoxy) is 2. The smallest absolute Gasteiger partial charge is 0.360 e. The lowest BCUT2D eigenvalue weighted by molar-refractivity contribution is -0.0518. The number of nitrogens with two attached hydrogens (primary N) is 1. The van der Waals surface area contributed by atoms with Crippen molar-refractivity contribution in [3.63, 3.8) is 0 Å². The number of aliphatic hydroxyl groups excluding tert-OH is 3. The van der Waals surface area contributed by atoms with E-state index in [1.165, 1.54) is 10.9 Å². The van der Waals surface area contributed by atoms with Gasteiger partial charge in [-0.05, 0) is 6.92 Å². The number of nitrogens with zero attached hydrogens (tertiary/aromatic N) is 2. The highest BCUT2D eigenvalue weighted by Gasteiger charge is 2.44. The van der Waals surface area contributed by atoms with Gasteiger partial charge in [0.25, 0.3) is 0 Å². The number of aromatic nitrogens is 2. The van der Waals surface area contributed by atoms with Crippen molar-refractivity contribution >= 4 is 11.8 Å². The minimum absolute atomic E-state index is 0.0433. The lowest BCUT2D eigenvalue weighted by atomic mass is 10.1. The van der Waals surface area contributed by atoms with Crippen LogP contribution in [0.1, 0.15) is 23.6 Å². The number of imidazole rings is 1. The highest BCUT2D eigenvalue weighted by Crippen LogP contribution is 2.31. The molecule has 9 nitrogen and oxygen atoms in total. The summed E-state index contributed by atoms with van der Waals surface area (Å²) in [6.45, 7) is 1.38. The van der Waals surface area contributed by atoms with E-state index in [1.54, 1.807) is 6.92 Å². The number of anilines is 1. The van der Waals surface area contributed by atoms with Crippen LogP contribution < -0.4 is 5.73 Å². The Morgan fingerprint density at radius 2 is 2.25 bits per heavy atom. The molecule has 2 rings (SSSR count). The van der Waals surface area contributed by atoms with Crippen LogP contribution >= 0.6 is 0 Å². The van der Waals surface area contributed by atoms with E-state index >= 15 is 0 Å². The number of rotatable bonds is 4. The van der Waals surface area contributed by atoms with Crippen molar-refractivity contribution in [2.75, 3.05) is 18.9 Å². The molecule has 0 unspecified atom stereocenters. The molecule has 0 amide bonds. The monoisotopic (exact) mass is 287 g/mol. The summed E-state index contributed by atoms with van der Waals surface area (Å²) in [6, 6.07) is 0. The Bertz CT molecular complexity index is 491. The normalized spacial score (nSPS) is 29.6. The third-order valence-corrected chi connectivity index (χ3v) is 3.09. The Morgan fingerprint density at radius 1 is 1.55 bits per heavy atom. The zero-order chi connectivity index (χ0) is 14.9. The predicted octanol–water partition coefficient (Wildman–Crippen LogP) is -1.75. The van der Waals surface area contributed by atoms with E-state index in [2.05, 4.69) is 4.98 Å². The highest BCUT2D eigenvalue weighted by molar-refractivity contribution is 5.92. The largest absolute Gasteiger partial charge is 0.461 e. The lowest BCUT2D eigenvalue weighted by Crippen LogP contribution is -2.33. The molecule has 0 aromatic carbocycles. The van der Waals surface area contributed by atoms with Crippen molar-refractivity contribution in [1.82, 2.24) is 9.55 Å². The maximum atomic E-state index is 11.6. The van der Waals surface area contributed by atoms with Gasteiger partial charge in [0.15, 0.2) is 11.9 Å². The Morgan fingerprint density at radius 3 is 2.80 bits per heavy atom. The number of hydrogen-bond acceptors (Lipinski definition) is 8. The highest BCUT2D eigenvalue weighted by atomic mass is 16.6. The Kier molecular flexibility index (Phi) is 4.23. The standard InChI is InChI=1S/C11H17N3O6/c1-2-19-11(18)6-9(12)14(4-13-6)10-8(17)7(16)5(3-15)20-10/h4-5,7-8,10,15-17H,2-3,12H2,1H3/t5-,7-,8-,10+/m1/s1. The molecule has 1 aliphatic heterocycles. The molecule has 1 fully saturated rings. The van der Waals surface area contributed by atoms with Gasteiger partial charge in [-0.1, -0.05) is 0 Å². The molecule has 4 atom stereocenters. The topological polar surface area (TPSA) is 140 Å². The number of esters is 1. The number of hydrogen-bond donors (Lipinski definition) is 4. The second kappa shape index (κ2) is 5.75. The van der Waals surface area contributed by atoms with Gasteiger partial charge in [0, 0.05) is 0 Å². The van der Waals surface area contributed by atoms with Crippen molar-refractivity contribution in [2.24, 2.45) is 0 Å². The van der Waals surface area contributed by atoms with Crippen LogP contribution in [0, 0.1) is 0 Å². The van der Waals surface area contributed by atoms with E-state index in [0.29, 0.717) is 0 Å². The number of nitrogen functional groups attached to an aromatic ring is 1. The third kappa shape index (κ3) is 2.36. The number of carbonyl (C=O) groups is 1. The van der Waals surface area contributed by atoms with Crippen LogP contribution in [-0.4, -0.2) is 62.4 Å². The molecule has 0 spiro atoms. The first-order chi connectivity index (χ1) is 9.51. The zero-order valence-electron chi connectivity index (χ0n) is 10.8. The maximum absolute atomic E-state index is 11.6. The van der Waals surface area contributed by atoms with Crippen molar-refractivity contribution in [3.8, 4) is 0 Å². The number of carbonyl (C=O) groups excluding carboxylic acids is 1. The van der Waals surface area contributed by atoms with Crippen LogP contribution in [0.25, 0.3) is 0 Å². The summed E-state index contributed by atoms with van der Waals surface area (Å²) < 4.78 is 11.3. The molecular weight excluding hydrogens is 270 g/mol. The first-order valence-corrected chi connectivity index (χ1v) is 6.13. The fourth-order valence-electron chi connectivity index (χ4n) is 2.04. The second-order valence-electron chi connectivity index (χ2n) is 4.34. The molecule has 0 saturated carbocycles. The molecule has 1 aromatic rings. The minimum atomic E-state index is -1.29. The molecular formula is C11H17N3O6. The molecule has 0 aliphatic carbocycles. The van der Waals surface area contributed by atoms with Gasteiger partial charge < -0.3 is 30.5 Å². The number of aliphatic hydroxyl groups is 3. The molecule has 0 bridgehead atoms. The van der Waals surface area contributed by atoms with Gasteiger partial charge in [0.2, 0.25) is 0 Å². The Balaban J connectivity index is 2.24. The molecule has 112 valence electrons. The Hall–Kier alpha value is -1.68. The summed E-state index contributed by atoms with van der Waals surface area (Å²) >= 11 is 0. The van der Waals surface area contributed by atoms with Crippen LogP contribution in [0.4, 0.5) is 5.82 Å². The van der Waals surface area contributed by atoms with Crippen molar-refractivity contribution in [3.05, 3.63) is 12.0 Å². The van der Waals surface area contributed by atoms with Crippen LogP contribution in [0.15, 0.2) is 6.33 Å². The minimum Gasteiger partial charge on any atom is -0.461 e. The SMILES string of the molecule is CCOC(=O)c1ncn([C@H]2O[C@H](CO)[C@@H](O)[C@H]2O)c1N. The van der Waals surface area contributed by atoms with E-state index in [9.17, 15) is 15.0 Å². The molecule has 2 heterocycles. The fourth-order valence-corrected chi connectivity index (χ4v) is 2.04. The van der Waals surface area contributed by atoms with Gasteiger partial charge in [-0.25, -0.2) is 9.78 Å². The average molecular weight is 287 g/mol. The predicted molar refractivity (Wildman–Crippen MR) is 65.6 cm³/mol. The summed E-state index contributed by atoms with van der Waals surface area (Å²) in [5, 5.41) is 28.6.